The Morgan fingerprint density at radius 1 is 1.20 bits per heavy atom. The second-order valence-electron chi connectivity index (χ2n) is 4.09. The van der Waals surface area contributed by atoms with E-state index in [4.69, 9.17) is 28.9 Å². The summed E-state index contributed by atoms with van der Waals surface area (Å²) >= 11 is 12.2. The van der Waals surface area contributed by atoms with Gasteiger partial charge in [0.05, 0.1) is 10.0 Å². The monoisotopic (exact) mass is 244 g/mol. The van der Waals surface area contributed by atoms with E-state index in [2.05, 4.69) is 4.98 Å². The van der Waals surface area contributed by atoms with Gasteiger partial charge in [-0.15, -0.1) is 0 Å². The molecule has 2 N–H and O–H groups in total. The summed E-state index contributed by atoms with van der Waals surface area (Å²) in [5, 5.41) is 1.17. The van der Waals surface area contributed by atoms with Gasteiger partial charge in [0.2, 0.25) is 0 Å². The molecular weight excluding hydrogens is 231 g/mol. The average Bonchev–Trinajstić information content (AvgIpc) is 2.69. The molecule has 0 radical (unpaired) electrons. The molecule has 0 unspecified atom stereocenters. The highest BCUT2D eigenvalue weighted by molar-refractivity contribution is 6.35. The van der Waals surface area contributed by atoms with Crippen LogP contribution in [0.15, 0.2) is 12.4 Å². The van der Waals surface area contributed by atoms with Gasteiger partial charge in [0.1, 0.15) is 0 Å². The summed E-state index contributed by atoms with van der Waals surface area (Å²) in [5.74, 6) is 0.516. The number of rotatable bonds is 2. The lowest BCUT2D eigenvalue weighted by atomic mass is 9.93. The van der Waals surface area contributed by atoms with Crippen LogP contribution in [-0.4, -0.2) is 4.98 Å². The summed E-state index contributed by atoms with van der Waals surface area (Å²) in [4.78, 5) is 3.93. The fourth-order valence-electron chi connectivity index (χ4n) is 2.29. The van der Waals surface area contributed by atoms with Crippen LogP contribution >= 0.6 is 23.2 Å². The van der Waals surface area contributed by atoms with E-state index < -0.39 is 0 Å². The van der Waals surface area contributed by atoms with Crippen LogP contribution in [0.25, 0.3) is 0 Å². The van der Waals surface area contributed by atoms with Gasteiger partial charge in [-0.2, -0.15) is 0 Å². The first kappa shape index (κ1) is 11.2. The Morgan fingerprint density at radius 3 is 2.27 bits per heavy atom. The minimum absolute atomic E-state index is 0.0458. The Hall–Kier alpha value is -0.310. The molecule has 0 bridgehead atoms. The molecule has 0 amide bonds. The zero-order chi connectivity index (χ0) is 10.8. The van der Waals surface area contributed by atoms with E-state index in [0.717, 1.165) is 5.56 Å². The largest absolute Gasteiger partial charge is 0.324 e. The van der Waals surface area contributed by atoms with Crippen molar-refractivity contribution in [3.05, 3.63) is 28.0 Å². The van der Waals surface area contributed by atoms with Crippen molar-refractivity contribution < 1.29 is 0 Å². The van der Waals surface area contributed by atoms with E-state index in [9.17, 15) is 0 Å². The van der Waals surface area contributed by atoms with Gasteiger partial charge in [0.15, 0.2) is 0 Å². The average molecular weight is 245 g/mol. The fourth-order valence-corrected chi connectivity index (χ4v) is 2.91. The molecule has 1 atom stereocenters. The number of nitrogens with two attached hydrogens (primary N) is 1. The molecule has 0 spiro atoms. The first-order valence-electron chi connectivity index (χ1n) is 5.24. The molecule has 1 aromatic rings. The minimum Gasteiger partial charge on any atom is -0.324 e. The van der Waals surface area contributed by atoms with Crippen LogP contribution in [0.3, 0.4) is 0 Å². The summed E-state index contributed by atoms with van der Waals surface area (Å²) in [6.07, 6.45) is 8.10. The van der Waals surface area contributed by atoms with Crippen LogP contribution in [0.5, 0.6) is 0 Å². The summed E-state index contributed by atoms with van der Waals surface area (Å²) < 4.78 is 0. The van der Waals surface area contributed by atoms with Gasteiger partial charge in [0.25, 0.3) is 0 Å². The topological polar surface area (TPSA) is 38.9 Å². The fraction of sp³-hybridized carbons (Fsp3) is 0.545. The van der Waals surface area contributed by atoms with Crippen molar-refractivity contribution in [2.75, 3.05) is 0 Å². The van der Waals surface area contributed by atoms with Crippen molar-refractivity contribution in [3.8, 4) is 0 Å². The maximum absolute atomic E-state index is 6.21. The highest BCUT2D eigenvalue weighted by Gasteiger charge is 2.26. The van der Waals surface area contributed by atoms with Crippen LogP contribution in [0.4, 0.5) is 0 Å². The molecular formula is C11H14Cl2N2. The Morgan fingerprint density at radius 2 is 1.73 bits per heavy atom. The normalized spacial score (nSPS) is 19.4. The maximum Gasteiger partial charge on any atom is 0.0652 e. The molecule has 1 aliphatic carbocycles. The van der Waals surface area contributed by atoms with Crippen LogP contribution in [-0.2, 0) is 0 Å². The third kappa shape index (κ3) is 2.27. The SMILES string of the molecule is N[C@@H](c1c(Cl)cncc1Cl)C1CCCC1. The molecule has 1 fully saturated rings. The molecule has 0 aliphatic heterocycles. The third-order valence-corrected chi connectivity index (χ3v) is 3.73. The lowest BCUT2D eigenvalue weighted by Crippen LogP contribution is -2.20. The van der Waals surface area contributed by atoms with Crippen LogP contribution in [0.2, 0.25) is 10.0 Å². The van der Waals surface area contributed by atoms with Crippen molar-refractivity contribution in [2.24, 2.45) is 11.7 Å². The minimum atomic E-state index is -0.0458. The Balaban J connectivity index is 2.27. The summed E-state index contributed by atoms with van der Waals surface area (Å²) in [5.41, 5.74) is 7.07. The van der Waals surface area contributed by atoms with Crippen LogP contribution in [0, 0.1) is 5.92 Å². The van der Waals surface area contributed by atoms with Crippen molar-refractivity contribution in [3.63, 3.8) is 0 Å². The predicted octanol–water partition coefficient (Wildman–Crippen LogP) is 3.58. The van der Waals surface area contributed by atoms with Gasteiger partial charge < -0.3 is 5.73 Å². The number of hydrogen-bond donors (Lipinski definition) is 1. The quantitative estimate of drug-likeness (QED) is 0.864. The molecule has 1 aliphatic rings. The molecule has 15 heavy (non-hydrogen) atoms. The number of hydrogen-bond acceptors (Lipinski definition) is 2. The van der Waals surface area contributed by atoms with Crippen molar-refractivity contribution >= 4 is 23.2 Å². The van der Waals surface area contributed by atoms with Crippen LogP contribution < -0.4 is 5.73 Å². The number of nitrogens with zero attached hydrogens (tertiary/aromatic N) is 1. The zero-order valence-corrected chi connectivity index (χ0v) is 9.93. The van der Waals surface area contributed by atoms with Crippen molar-refractivity contribution in [1.29, 1.82) is 0 Å². The number of pyridine rings is 1. The van der Waals surface area contributed by atoms with Gasteiger partial charge in [0, 0.05) is 24.0 Å². The first-order chi connectivity index (χ1) is 7.20. The molecule has 0 aromatic carbocycles. The van der Waals surface area contributed by atoms with Crippen LogP contribution in [0.1, 0.15) is 37.3 Å². The smallest absolute Gasteiger partial charge is 0.0652 e. The lowest BCUT2D eigenvalue weighted by Gasteiger charge is -2.21. The van der Waals surface area contributed by atoms with Crippen molar-refractivity contribution in [1.82, 2.24) is 4.98 Å². The lowest BCUT2D eigenvalue weighted by molar-refractivity contribution is 0.445. The Kier molecular flexibility index (Phi) is 3.49. The Bertz CT molecular complexity index is 328. The summed E-state index contributed by atoms with van der Waals surface area (Å²) in [6, 6.07) is -0.0458. The molecule has 1 aromatic heterocycles. The zero-order valence-electron chi connectivity index (χ0n) is 8.42. The molecule has 4 heteroatoms. The maximum atomic E-state index is 6.21. The van der Waals surface area contributed by atoms with Gasteiger partial charge in [-0.25, -0.2) is 0 Å². The second-order valence-corrected chi connectivity index (χ2v) is 4.90. The van der Waals surface area contributed by atoms with Crippen molar-refractivity contribution in [2.45, 2.75) is 31.7 Å². The standard InChI is InChI=1S/C11H14Cl2N2/c12-8-5-15-6-9(13)10(8)11(14)7-3-1-2-4-7/h5-7,11H,1-4,14H2/t11-/m1/s1. The third-order valence-electron chi connectivity index (χ3n) is 3.13. The molecule has 2 nitrogen and oxygen atoms in total. The highest BCUT2D eigenvalue weighted by Crippen LogP contribution is 2.38. The molecule has 1 heterocycles. The number of halogens is 2. The van der Waals surface area contributed by atoms with Gasteiger partial charge in [-0.1, -0.05) is 36.0 Å². The van der Waals surface area contributed by atoms with Gasteiger partial charge in [-0.05, 0) is 18.8 Å². The van der Waals surface area contributed by atoms with E-state index in [1.807, 2.05) is 0 Å². The van der Waals surface area contributed by atoms with E-state index in [-0.39, 0.29) is 6.04 Å². The summed E-state index contributed by atoms with van der Waals surface area (Å²) in [7, 11) is 0. The van der Waals surface area contributed by atoms with E-state index in [0.29, 0.717) is 16.0 Å². The molecule has 82 valence electrons. The van der Waals surface area contributed by atoms with Gasteiger partial charge >= 0.3 is 0 Å². The summed E-state index contributed by atoms with van der Waals surface area (Å²) in [6.45, 7) is 0. The second kappa shape index (κ2) is 4.69. The molecule has 0 saturated heterocycles. The van der Waals surface area contributed by atoms with E-state index in [1.165, 1.54) is 25.7 Å². The first-order valence-corrected chi connectivity index (χ1v) is 6.00. The molecule has 1 saturated carbocycles. The van der Waals surface area contributed by atoms with E-state index in [1.54, 1.807) is 12.4 Å². The molecule has 2 rings (SSSR count). The van der Waals surface area contributed by atoms with E-state index >= 15 is 0 Å². The number of aromatic nitrogens is 1. The van der Waals surface area contributed by atoms with Gasteiger partial charge in [-0.3, -0.25) is 4.98 Å². The highest BCUT2D eigenvalue weighted by atomic mass is 35.5. The Labute approximate surface area is 99.8 Å². The predicted molar refractivity (Wildman–Crippen MR) is 63.1 cm³/mol.